The standard InChI is InChI=1S/C13H12N4S2/c1-7-8(2)19-13-10(7)12(15-6-16-13)17-5-3-4-9(17)11(14)18/h3-6H,1-2H3,(H2,14,18). The lowest BCUT2D eigenvalue weighted by atomic mass is 10.2. The molecule has 3 rings (SSSR count). The highest BCUT2D eigenvalue weighted by Gasteiger charge is 2.15. The van der Waals surface area contributed by atoms with Crippen LogP contribution in [0.25, 0.3) is 16.0 Å². The van der Waals surface area contributed by atoms with E-state index < -0.39 is 0 Å². The fourth-order valence-corrected chi connectivity index (χ4v) is 3.27. The van der Waals surface area contributed by atoms with Crippen LogP contribution < -0.4 is 5.73 Å². The monoisotopic (exact) mass is 288 g/mol. The number of thiocarbonyl (C=S) groups is 1. The summed E-state index contributed by atoms with van der Waals surface area (Å²) in [5.41, 5.74) is 7.75. The van der Waals surface area contributed by atoms with Gasteiger partial charge in [-0.05, 0) is 31.5 Å². The lowest BCUT2D eigenvalue weighted by Crippen LogP contribution is -2.15. The summed E-state index contributed by atoms with van der Waals surface area (Å²) in [6, 6.07) is 3.81. The average Bonchev–Trinajstić information content (AvgIpc) is 2.96. The minimum atomic E-state index is 0.362. The zero-order chi connectivity index (χ0) is 13.6. The van der Waals surface area contributed by atoms with Crippen molar-refractivity contribution in [3.05, 3.63) is 40.8 Å². The Kier molecular flexibility index (Phi) is 2.83. The summed E-state index contributed by atoms with van der Waals surface area (Å²) in [5.74, 6) is 0.833. The van der Waals surface area contributed by atoms with Gasteiger partial charge >= 0.3 is 0 Å². The van der Waals surface area contributed by atoms with Crippen molar-refractivity contribution in [1.82, 2.24) is 14.5 Å². The molecule has 0 fully saturated rings. The third kappa shape index (κ3) is 1.84. The highest BCUT2D eigenvalue weighted by atomic mass is 32.1. The van der Waals surface area contributed by atoms with Crippen LogP contribution in [0.15, 0.2) is 24.7 Å². The van der Waals surface area contributed by atoms with Crippen molar-refractivity contribution in [1.29, 1.82) is 0 Å². The minimum Gasteiger partial charge on any atom is -0.388 e. The number of aryl methyl sites for hydroxylation is 2. The molecule has 0 aliphatic heterocycles. The van der Waals surface area contributed by atoms with Gasteiger partial charge in [-0.3, -0.25) is 4.57 Å². The Balaban J connectivity index is 2.37. The first-order valence-corrected chi connectivity index (χ1v) is 7.00. The second kappa shape index (κ2) is 4.40. The maximum Gasteiger partial charge on any atom is 0.149 e. The molecule has 0 bridgehead atoms. The predicted molar refractivity (Wildman–Crippen MR) is 82.1 cm³/mol. The van der Waals surface area contributed by atoms with E-state index in [0.717, 1.165) is 21.7 Å². The highest BCUT2D eigenvalue weighted by Crippen LogP contribution is 2.32. The molecule has 0 atom stereocenters. The van der Waals surface area contributed by atoms with Crippen LogP contribution in [0.3, 0.4) is 0 Å². The van der Waals surface area contributed by atoms with E-state index in [1.807, 2.05) is 22.9 Å². The molecular formula is C13H12N4S2. The van der Waals surface area contributed by atoms with E-state index in [9.17, 15) is 0 Å². The minimum absolute atomic E-state index is 0.362. The van der Waals surface area contributed by atoms with E-state index in [1.54, 1.807) is 17.7 Å². The van der Waals surface area contributed by atoms with Crippen LogP contribution in [0.2, 0.25) is 0 Å². The maximum absolute atomic E-state index is 5.75. The van der Waals surface area contributed by atoms with Gasteiger partial charge in [-0.15, -0.1) is 11.3 Å². The largest absolute Gasteiger partial charge is 0.388 e. The summed E-state index contributed by atoms with van der Waals surface area (Å²) in [4.78, 5) is 11.3. The van der Waals surface area contributed by atoms with Gasteiger partial charge in [0.25, 0.3) is 0 Å². The van der Waals surface area contributed by atoms with Gasteiger partial charge in [0, 0.05) is 11.1 Å². The van der Waals surface area contributed by atoms with Gasteiger partial charge in [-0.2, -0.15) is 0 Å². The second-order valence-corrected chi connectivity index (χ2v) is 5.93. The maximum atomic E-state index is 5.75. The van der Waals surface area contributed by atoms with E-state index in [2.05, 4.69) is 23.8 Å². The molecule has 19 heavy (non-hydrogen) atoms. The molecule has 0 spiro atoms. The summed E-state index contributed by atoms with van der Waals surface area (Å²) in [6.45, 7) is 4.18. The Morgan fingerprint density at radius 1 is 1.37 bits per heavy atom. The molecule has 0 saturated carbocycles. The van der Waals surface area contributed by atoms with Crippen LogP contribution in [-0.4, -0.2) is 19.5 Å². The van der Waals surface area contributed by atoms with Gasteiger partial charge in [0.05, 0.1) is 11.1 Å². The molecule has 3 aromatic heterocycles. The van der Waals surface area contributed by atoms with Gasteiger partial charge in [0.1, 0.15) is 22.0 Å². The molecule has 0 radical (unpaired) electrons. The third-order valence-electron chi connectivity index (χ3n) is 3.17. The zero-order valence-electron chi connectivity index (χ0n) is 10.5. The molecule has 6 heteroatoms. The normalized spacial score (nSPS) is 11.1. The number of thiophene rings is 1. The van der Waals surface area contributed by atoms with Crippen molar-refractivity contribution in [2.24, 2.45) is 5.73 Å². The molecule has 0 aromatic carbocycles. The molecule has 3 heterocycles. The Morgan fingerprint density at radius 3 is 2.89 bits per heavy atom. The number of fused-ring (bicyclic) bond motifs is 1. The van der Waals surface area contributed by atoms with Gasteiger partial charge in [0.2, 0.25) is 0 Å². The quantitative estimate of drug-likeness (QED) is 0.737. The first-order chi connectivity index (χ1) is 9.09. The second-order valence-electron chi connectivity index (χ2n) is 4.29. The van der Waals surface area contributed by atoms with Gasteiger partial charge in [0.15, 0.2) is 0 Å². The van der Waals surface area contributed by atoms with Crippen molar-refractivity contribution >= 4 is 38.8 Å². The molecule has 0 saturated heterocycles. The molecule has 0 aliphatic rings. The zero-order valence-corrected chi connectivity index (χ0v) is 12.2. The number of rotatable bonds is 2. The van der Waals surface area contributed by atoms with Crippen LogP contribution in [0.1, 0.15) is 16.1 Å². The molecule has 96 valence electrons. The molecule has 2 N–H and O–H groups in total. The lowest BCUT2D eigenvalue weighted by molar-refractivity contribution is 0.996. The molecule has 4 nitrogen and oxygen atoms in total. The summed E-state index contributed by atoms with van der Waals surface area (Å²) >= 11 is 6.76. The van der Waals surface area contributed by atoms with Crippen LogP contribution >= 0.6 is 23.6 Å². The first-order valence-electron chi connectivity index (χ1n) is 5.78. The lowest BCUT2D eigenvalue weighted by Gasteiger charge is -2.08. The Hall–Kier alpha value is -1.79. The number of hydrogen-bond donors (Lipinski definition) is 1. The molecular weight excluding hydrogens is 276 g/mol. The van der Waals surface area contributed by atoms with Crippen molar-refractivity contribution < 1.29 is 0 Å². The van der Waals surface area contributed by atoms with Crippen molar-refractivity contribution in [3.8, 4) is 5.82 Å². The Morgan fingerprint density at radius 2 is 2.16 bits per heavy atom. The number of aromatic nitrogens is 3. The molecule has 3 aromatic rings. The van der Waals surface area contributed by atoms with Crippen molar-refractivity contribution in [2.45, 2.75) is 13.8 Å². The molecule has 0 aliphatic carbocycles. The van der Waals surface area contributed by atoms with E-state index in [-0.39, 0.29) is 0 Å². The first kappa shape index (κ1) is 12.3. The fourth-order valence-electron chi connectivity index (χ4n) is 2.11. The van der Waals surface area contributed by atoms with Crippen molar-refractivity contribution in [2.75, 3.05) is 0 Å². The van der Waals surface area contributed by atoms with E-state index in [1.165, 1.54) is 10.4 Å². The molecule has 0 amide bonds. The predicted octanol–water partition coefficient (Wildman–Crippen LogP) is 2.73. The topological polar surface area (TPSA) is 56.7 Å². The van der Waals surface area contributed by atoms with Crippen molar-refractivity contribution in [3.63, 3.8) is 0 Å². The highest BCUT2D eigenvalue weighted by molar-refractivity contribution is 7.80. The SMILES string of the molecule is Cc1sc2ncnc(-n3cccc3C(N)=S)c2c1C. The van der Waals surface area contributed by atoms with E-state index >= 15 is 0 Å². The van der Waals surface area contributed by atoms with Gasteiger partial charge < -0.3 is 5.73 Å². The fraction of sp³-hybridized carbons (Fsp3) is 0.154. The van der Waals surface area contributed by atoms with Crippen LogP contribution in [0, 0.1) is 13.8 Å². The summed E-state index contributed by atoms with van der Waals surface area (Å²) < 4.78 is 1.92. The van der Waals surface area contributed by atoms with Gasteiger partial charge in [-0.25, -0.2) is 9.97 Å². The average molecular weight is 288 g/mol. The summed E-state index contributed by atoms with van der Waals surface area (Å²) in [7, 11) is 0. The number of nitrogens with two attached hydrogens (primary N) is 1. The van der Waals surface area contributed by atoms with Gasteiger partial charge in [-0.1, -0.05) is 12.2 Å². The van der Waals surface area contributed by atoms with Crippen LogP contribution in [0.4, 0.5) is 0 Å². The summed E-state index contributed by atoms with van der Waals surface area (Å²) in [5, 5.41) is 1.07. The number of hydrogen-bond acceptors (Lipinski definition) is 4. The van der Waals surface area contributed by atoms with E-state index in [4.69, 9.17) is 18.0 Å². The van der Waals surface area contributed by atoms with Crippen LogP contribution in [0.5, 0.6) is 0 Å². The van der Waals surface area contributed by atoms with E-state index in [0.29, 0.717) is 4.99 Å². The number of nitrogens with zero attached hydrogens (tertiary/aromatic N) is 3. The summed E-state index contributed by atoms with van der Waals surface area (Å²) in [6.07, 6.45) is 3.50. The molecule has 0 unspecified atom stereocenters. The van der Waals surface area contributed by atoms with Crippen LogP contribution in [-0.2, 0) is 0 Å². The Bertz CT molecular complexity index is 785. The smallest absolute Gasteiger partial charge is 0.149 e. The Labute approximate surface area is 119 Å². The third-order valence-corrected chi connectivity index (χ3v) is 4.50.